The Balaban J connectivity index is 2.02. The molecule has 116 valence electrons. The Morgan fingerprint density at radius 2 is 1.46 bits per heavy atom. The molecule has 4 aromatic rings. The molecule has 0 bridgehead atoms. The number of hydrogen-bond acceptors (Lipinski definition) is 3. The Bertz CT molecular complexity index is 983. The zero-order valence-electron chi connectivity index (χ0n) is 13.3. The molecule has 0 atom stereocenters. The molecule has 0 N–H and O–H groups in total. The summed E-state index contributed by atoms with van der Waals surface area (Å²) in [5.41, 5.74) is 5.16. The van der Waals surface area contributed by atoms with E-state index in [2.05, 4.69) is 35.3 Å². The van der Waals surface area contributed by atoms with Gasteiger partial charge in [0.05, 0.1) is 24.5 Å². The molecule has 0 unspecified atom stereocenters. The molecule has 0 aliphatic heterocycles. The van der Waals surface area contributed by atoms with Gasteiger partial charge in [0.15, 0.2) is 0 Å². The van der Waals surface area contributed by atoms with E-state index in [1.54, 1.807) is 13.3 Å². The quantitative estimate of drug-likeness (QED) is 0.535. The molecule has 0 radical (unpaired) electrons. The van der Waals surface area contributed by atoms with Crippen LogP contribution >= 0.6 is 0 Å². The molecule has 0 aliphatic carbocycles. The molecule has 24 heavy (non-hydrogen) atoms. The van der Waals surface area contributed by atoms with Crippen LogP contribution in [0.4, 0.5) is 0 Å². The molecule has 0 aliphatic rings. The number of pyridine rings is 2. The molecule has 4 rings (SSSR count). The van der Waals surface area contributed by atoms with E-state index in [0.29, 0.717) is 5.88 Å². The fraction of sp³-hybridized carbons (Fsp3) is 0.0476. The van der Waals surface area contributed by atoms with Gasteiger partial charge in [-0.3, -0.25) is 0 Å². The van der Waals surface area contributed by atoms with Gasteiger partial charge in [0.25, 0.3) is 0 Å². The van der Waals surface area contributed by atoms with E-state index in [1.165, 1.54) is 0 Å². The van der Waals surface area contributed by atoms with Gasteiger partial charge >= 0.3 is 0 Å². The van der Waals surface area contributed by atoms with Gasteiger partial charge in [0, 0.05) is 17.0 Å². The van der Waals surface area contributed by atoms with E-state index in [4.69, 9.17) is 9.72 Å². The number of hydrogen-bond donors (Lipinski definition) is 0. The smallest absolute Gasteiger partial charge is 0.213 e. The van der Waals surface area contributed by atoms with Gasteiger partial charge in [-0.15, -0.1) is 0 Å². The van der Waals surface area contributed by atoms with E-state index in [-0.39, 0.29) is 0 Å². The molecule has 0 saturated heterocycles. The van der Waals surface area contributed by atoms with Crippen molar-refractivity contribution < 1.29 is 4.74 Å². The average Bonchev–Trinajstić information content (AvgIpc) is 2.68. The lowest BCUT2D eigenvalue weighted by molar-refractivity contribution is 0.398. The molecule has 0 spiro atoms. The Hall–Kier alpha value is -3.20. The van der Waals surface area contributed by atoms with E-state index in [0.717, 1.165) is 33.3 Å². The minimum atomic E-state index is 0.592. The van der Waals surface area contributed by atoms with Crippen molar-refractivity contribution in [1.82, 2.24) is 9.97 Å². The largest absolute Gasteiger partial charge is 0.481 e. The highest BCUT2D eigenvalue weighted by molar-refractivity contribution is 5.96. The van der Waals surface area contributed by atoms with Crippen molar-refractivity contribution in [3.63, 3.8) is 0 Å². The summed E-state index contributed by atoms with van der Waals surface area (Å²) in [5.74, 6) is 0.592. The number of nitrogens with zero attached hydrogens (tertiary/aromatic N) is 2. The fourth-order valence-corrected chi connectivity index (χ4v) is 2.84. The van der Waals surface area contributed by atoms with Crippen LogP contribution in [0.25, 0.3) is 33.3 Å². The van der Waals surface area contributed by atoms with Gasteiger partial charge in [-0.2, -0.15) is 0 Å². The Morgan fingerprint density at radius 3 is 2.12 bits per heavy atom. The molecule has 0 fully saturated rings. The van der Waals surface area contributed by atoms with Crippen LogP contribution in [0.5, 0.6) is 5.88 Å². The first-order chi connectivity index (χ1) is 11.8. The van der Waals surface area contributed by atoms with Crippen molar-refractivity contribution in [3.8, 4) is 28.3 Å². The molecular weight excluding hydrogens is 296 g/mol. The van der Waals surface area contributed by atoms with Gasteiger partial charge in [-0.05, 0) is 17.2 Å². The highest BCUT2D eigenvalue weighted by Gasteiger charge is 2.11. The van der Waals surface area contributed by atoms with Crippen LogP contribution < -0.4 is 4.74 Å². The topological polar surface area (TPSA) is 35.0 Å². The summed E-state index contributed by atoms with van der Waals surface area (Å²) in [6.45, 7) is 0. The second-order valence-electron chi connectivity index (χ2n) is 5.53. The highest BCUT2D eigenvalue weighted by Crippen LogP contribution is 2.33. The maximum absolute atomic E-state index is 5.29. The van der Waals surface area contributed by atoms with Gasteiger partial charge in [-0.25, -0.2) is 9.97 Å². The zero-order chi connectivity index (χ0) is 16.4. The van der Waals surface area contributed by atoms with E-state index in [1.807, 2.05) is 42.5 Å². The lowest BCUT2D eigenvalue weighted by atomic mass is 9.99. The molecule has 2 heterocycles. The van der Waals surface area contributed by atoms with Crippen LogP contribution in [0.15, 0.2) is 79.0 Å². The fourth-order valence-electron chi connectivity index (χ4n) is 2.84. The third kappa shape index (κ3) is 2.61. The van der Waals surface area contributed by atoms with Gasteiger partial charge in [0.2, 0.25) is 5.88 Å². The van der Waals surface area contributed by atoms with Crippen LogP contribution in [-0.2, 0) is 0 Å². The van der Waals surface area contributed by atoms with Gasteiger partial charge in [0.1, 0.15) is 0 Å². The summed E-state index contributed by atoms with van der Waals surface area (Å²) in [7, 11) is 1.63. The summed E-state index contributed by atoms with van der Waals surface area (Å²) in [6, 6.07) is 24.6. The third-order valence-electron chi connectivity index (χ3n) is 4.03. The summed E-state index contributed by atoms with van der Waals surface area (Å²) < 4.78 is 5.29. The number of benzene rings is 2. The number of fused-ring (bicyclic) bond motifs is 1. The van der Waals surface area contributed by atoms with Crippen LogP contribution in [-0.4, -0.2) is 17.1 Å². The summed E-state index contributed by atoms with van der Waals surface area (Å²) in [5, 5.41) is 1.03. The minimum absolute atomic E-state index is 0.592. The highest BCUT2D eigenvalue weighted by atomic mass is 16.5. The van der Waals surface area contributed by atoms with Crippen molar-refractivity contribution in [2.24, 2.45) is 0 Å². The maximum atomic E-state index is 5.29. The Kier molecular flexibility index (Phi) is 3.67. The van der Waals surface area contributed by atoms with Crippen molar-refractivity contribution >= 4 is 10.9 Å². The summed E-state index contributed by atoms with van der Waals surface area (Å²) in [6.07, 6.45) is 1.77. The van der Waals surface area contributed by atoms with E-state index in [9.17, 15) is 0 Å². The monoisotopic (exact) mass is 312 g/mol. The van der Waals surface area contributed by atoms with Crippen LogP contribution in [0.1, 0.15) is 0 Å². The van der Waals surface area contributed by atoms with Crippen LogP contribution in [0.2, 0.25) is 0 Å². The summed E-state index contributed by atoms with van der Waals surface area (Å²) >= 11 is 0. The predicted molar refractivity (Wildman–Crippen MR) is 97.0 cm³/mol. The molecule has 3 heteroatoms. The molecule has 3 nitrogen and oxygen atoms in total. The normalized spacial score (nSPS) is 10.7. The second kappa shape index (κ2) is 6.13. The van der Waals surface area contributed by atoms with E-state index < -0.39 is 0 Å². The lowest BCUT2D eigenvalue weighted by Crippen LogP contribution is -1.93. The lowest BCUT2D eigenvalue weighted by Gasteiger charge is -2.11. The Labute approximate surface area is 140 Å². The maximum Gasteiger partial charge on any atom is 0.213 e. The average molecular weight is 312 g/mol. The SMILES string of the molecule is COc1cc2c(-c3ccccc3)cc(-c3ccccc3)nc2cn1. The van der Waals surface area contributed by atoms with Crippen LogP contribution in [0.3, 0.4) is 0 Å². The van der Waals surface area contributed by atoms with Crippen molar-refractivity contribution in [3.05, 3.63) is 79.0 Å². The van der Waals surface area contributed by atoms with Gasteiger partial charge in [-0.1, -0.05) is 60.7 Å². The first-order valence-electron chi connectivity index (χ1n) is 7.81. The molecule has 0 saturated carbocycles. The molecule has 2 aromatic heterocycles. The number of ether oxygens (including phenoxy) is 1. The number of methoxy groups -OCH3 is 1. The first kappa shape index (κ1) is 14.4. The minimum Gasteiger partial charge on any atom is -0.481 e. The van der Waals surface area contributed by atoms with Gasteiger partial charge < -0.3 is 4.74 Å². The predicted octanol–water partition coefficient (Wildman–Crippen LogP) is 4.97. The second-order valence-corrected chi connectivity index (χ2v) is 5.53. The zero-order valence-corrected chi connectivity index (χ0v) is 13.3. The molecule has 0 amide bonds. The third-order valence-corrected chi connectivity index (χ3v) is 4.03. The summed E-state index contributed by atoms with van der Waals surface area (Å²) in [4.78, 5) is 9.10. The van der Waals surface area contributed by atoms with Crippen molar-refractivity contribution in [1.29, 1.82) is 0 Å². The Morgan fingerprint density at radius 1 is 0.792 bits per heavy atom. The van der Waals surface area contributed by atoms with Crippen LogP contribution in [0, 0.1) is 0 Å². The van der Waals surface area contributed by atoms with Crippen molar-refractivity contribution in [2.75, 3.05) is 7.11 Å². The number of aromatic nitrogens is 2. The molecular formula is C21H16N2O. The first-order valence-corrected chi connectivity index (χ1v) is 7.81. The number of rotatable bonds is 3. The van der Waals surface area contributed by atoms with Crippen molar-refractivity contribution in [2.45, 2.75) is 0 Å². The standard InChI is InChI=1S/C21H16N2O/c1-24-21-13-18-17(15-8-4-2-5-9-15)12-19(23-20(18)14-22-21)16-10-6-3-7-11-16/h2-14H,1H3. The van der Waals surface area contributed by atoms with E-state index >= 15 is 0 Å². The molecule has 2 aromatic carbocycles.